The van der Waals surface area contributed by atoms with Crippen molar-refractivity contribution in [3.8, 4) is 0 Å². The average molecular weight is 300 g/mol. The fourth-order valence-electron chi connectivity index (χ4n) is 3.02. The molecule has 1 aliphatic carbocycles. The molecule has 0 heterocycles. The zero-order valence-corrected chi connectivity index (χ0v) is 12.6. The molecule has 0 spiro atoms. The van der Waals surface area contributed by atoms with Crippen LogP contribution in [0.4, 0.5) is 13.2 Å². The topological polar surface area (TPSA) is 15.3 Å². The predicted molar refractivity (Wildman–Crippen MR) is 78.0 cm³/mol. The Balaban J connectivity index is 1.89. The van der Waals surface area contributed by atoms with Gasteiger partial charge in [-0.15, -0.1) is 0 Å². The van der Waals surface area contributed by atoms with Crippen molar-refractivity contribution >= 4 is 0 Å². The molecule has 0 aliphatic heterocycles. The first kappa shape index (κ1) is 16.3. The van der Waals surface area contributed by atoms with Gasteiger partial charge in [-0.3, -0.25) is 4.90 Å². The van der Waals surface area contributed by atoms with E-state index in [-0.39, 0.29) is 0 Å². The van der Waals surface area contributed by atoms with E-state index >= 15 is 0 Å². The summed E-state index contributed by atoms with van der Waals surface area (Å²) in [6.45, 7) is 0.701. The van der Waals surface area contributed by atoms with E-state index < -0.39 is 11.7 Å². The van der Waals surface area contributed by atoms with Crippen molar-refractivity contribution in [2.45, 2.75) is 50.5 Å². The summed E-state index contributed by atoms with van der Waals surface area (Å²) in [4.78, 5) is 2.26. The average Bonchev–Trinajstić information content (AvgIpc) is 2.47. The monoisotopic (exact) mass is 300 g/mol. The van der Waals surface area contributed by atoms with Crippen LogP contribution in [0.1, 0.15) is 36.8 Å². The van der Waals surface area contributed by atoms with E-state index in [4.69, 9.17) is 0 Å². The SMILES string of the molecule is CNC1CCC(N(C)Cc2ccc(C(F)(F)F)cc2)CC1. The fourth-order valence-corrected chi connectivity index (χ4v) is 3.02. The Morgan fingerprint density at radius 1 is 1.10 bits per heavy atom. The lowest BCUT2D eigenvalue weighted by Gasteiger charge is -2.34. The summed E-state index contributed by atoms with van der Waals surface area (Å²) in [6, 6.07) is 6.64. The number of nitrogens with zero attached hydrogens (tertiary/aromatic N) is 1. The first-order chi connectivity index (χ1) is 9.90. The molecule has 1 saturated carbocycles. The van der Waals surface area contributed by atoms with Gasteiger partial charge in [-0.1, -0.05) is 12.1 Å². The molecule has 0 aromatic heterocycles. The molecule has 1 aromatic rings. The van der Waals surface area contributed by atoms with E-state index in [1.807, 2.05) is 7.05 Å². The number of rotatable bonds is 4. The summed E-state index contributed by atoms with van der Waals surface area (Å²) < 4.78 is 37.6. The molecule has 1 aromatic carbocycles. The zero-order valence-electron chi connectivity index (χ0n) is 12.6. The molecule has 0 unspecified atom stereocenters. The van der Waals surface area contributed by atoms with Crippen LogP contribution in [0.2, 0.25) is 0 Å². The van der Waals surface area contributed by atoms with Crippen LogP contribution in [-0.4, -0.2) is 31.1 Å². The molecule has 1 fully saturated rings. The van der Waals surface area contributed by atoms with Crippen LogP contribution < -0.4 is 5.32 Å². The van der Waals surface area contributed by atoms with E-state index in [9.17, 15) is 13.2 Å². The van der Waals surface area contributed by atoms with Crippen molar-refractivity contribution in [3.05, 3.63) is 35.4 Å². The minimum Gasteiger partial charge on any atom is -0.317 e. The molecule has 1 N–H and O–H groups in total. The molecular formula is C16H23F3N2. The van der Waals surface area contributed by atoms with Crippen LogP contribution in [0.5, 0.6) is 0 Å². The van der Waals surface area contributed by atoms with Gasteiger partial charge in [-0.2, -0.15) is 13.2 Å². The van der Waals surface area contributed by atoms with Gasteiger partial charge in [0.2, 0.25) is 0 Å². The second kappa shape index (κ2) is 6.79. The van der Waals surface area contributed by atoms with Crippen molar-refractivity contribution in [2.75, 3.05) is 14.1 Å². The highest BCUT2D eigenvalue weighted by molar-refractivity contribution is 5.24. The van der Waals surface area contributed by atoms with Gasteiger partial charge >= 0.3 is 6.18 Å². The fraction of sp³-hybridized carbons (Fsp3) is 0.625. The number of alkyl halides is 3. The highest BCUT2D eigenvalue weighted by atomic mass is 19.4. The van der Waals surface area contributed by atoms with Crippen molar-refractivity contribution in [1.82, 2.24) is 10.2 Å². The Morgan fingerprint density at radius 2 is 1.67 bits per heavy atom. The first-order valence-corrected chi connectivity index (χ1v) is 7.44. The minimum absolute atomic E-state index is 0.525. The van der Waals surface area contributed by atoms with Crippen molar-refractivity contribution in [3.63, 3.8) is 0 Å². The van der Waals surface area contributed by atoms with E-state index in [2.05, 4.69) is 17.3 Å². The van der Waals surface area contributed by atoms with E-state index in [1.54, 1.807) is 12.1 Å². The standard InChI is InChI=1S/C16H23F3N2/c1-20-14-7-9-15(10-8-14)21(2)11-12-3-5-13(6-4-12)16(17,18)19/h3-6,14-15,20H,7-11H2,1-2H3. The number of halogens is 3. The molecule has 0 amide bonds. The normalized spacial score (nSPS) is 23.5. The summed E-state index contributed by atoms with van der Waals surface area (Å²) in [7, 11) is 4.05. The Hall–Kier alpha value is -1.07. The van der Waals surface area contributed by atoms with Gasteiger partial charge in [0.05, 0.1) is 5.56 Å². The molecule has 2 rings (SSSR count). The first-order valence-electron chi connectivity index (χ1n) is 7.44. The van der Waals surface area contributed by atoms with Crippen LogP contribution in [0.3, 0.4) is 0 Å². The zero-order chi connectivity index (χ0) is 15.5. The summed E-state index contributed by atoms with van der Waals surface area (Å²) in [5.74, 6) is 0. The third-order valence-corrected chi connectivity index (χ3v) is 4.44. The van der Waals surface area contributed by atoms with Crippen molar-refractivity contribution in [2.24, 2.45) is 0 Å². The van der Waals surface area contributed by atoms with Gasteiger partial charge in [-0.25, -0.2) is 0 Å². The lowest BCUT2D eigenvalue weighted by atomic mass is 9.90. The largest absolute Gasteiger partial charge is 0.416 e. The summed E-state index contributed by atoms with van der Waals surface area (Å²) >= 11 is 0. The number of hydrogen-bond donors (Lipinski definition) is 1. The van der Waals surface area contributed by atoms with E-state index in [0.29, 0.717) is 18.6 Å². The van der Waals surface area contributed by atoms with Gasteiger partial charge in [0.1, 0.15) is 0 Å². The summed E-state index contributed by atoms with van der Waals surface area (Å²) in [5, 5.41) is 3.31. The lowest BCUT2D eigenvalue weighted by molar-refractivity contribution is -0.137. The Labute approximate surface area is 124 Å². The maximum Gasteiger partial charge on any atom is 0.416 e. The van der Waals surface area contributed by atoms with Crippen molar-refractivity contribution < 1.29 is 13.2 Å². The number of hydrogen-bond acceptors (Lipinski definition) is 2. The molecule has 0 radical (unpaired) electrons. The van der Waals surface area contributed by atoms with Crippen molar-refractivity contribution in [1.29, 1.82) is 0 Å². The smallest absolute Gasteiger partial charge is 0.317 e. The number of benzene rings is 1. The van der Waals surface area contributed by atoms with Gasteiger partial charge < -0.3 is 5.32 Å². The van der Waals surface area contributed by atoms with Gasteiger partial charge in [0.15, 0.2) is 0 Å². The van der Waals surface area contributed by atoms with Crippen LogP contribution in [0, 0.1) is 0 Å². The van der Waals surface area contributed by atoms with Gasteiger partial charge in [-0.05, 0) is 57.5 Å². The Bertz CT molecular complexity index is 434. The van der Waals surface area contributed by atoms with Crippen LogP contribution >= 0.6 is 0 Å². The molecular weight excluding hydrogens is 277 g/mol. The highest BCUT2D eigenvalue weighted by Gasteiger charge is 2.30. The van der Waals surface area contributed by atoms with Gasteiger partial charge in [0.25, 0.3) is 0 Å². The van der Waals surface area contributed by atoms with Gasteiger partial charge in [0, 0.05) is 18.6 Å². The predicted octanol–water partition coefficient (Wildman–Crippen LogP) is 3.67. The molecule has 0 atom stereocenters. The molecule has 2 nitrogen and oxygen atoms in total. The highest BCUT2D eigenvalue weighted by Crippen LogP contribution is 2.29. The van der Waals surface area contributed by atoms with Crippen LogP contribution in [-0.2, 0) is 12.7 Å². The lowest BCUT2D eigenvalue weighted by Crippen LogP contribution is -2.39. The Morgan fingerprint density at radius 3 is 2.14 bits per heavy atom. The molecule has 5 heteroatoms. The molecule has 118 valence electrons. The third kappa shape index (κ3) is 4.45. The molecule has 0 saturated heterocycles. The maximum atomic E-state index is 12.5. The van der Waals surface area contributed by atoms with E-state index in [0.717, 1.165) is 18.4 Å². The Kier molecular flexibility index (Phi) is 5.27. The summed E-state index contributed by atoms with van der Waals surface area (Å²) in [6.07, 6.45) is 0.359. The third-order valence-electron chi connectivity index (χ3n) is 4.44. The second-order valence-corrected chi connectivity index (χ2v) is 5.90. The maximum absolute atomic E-state index is 12.5. The minimum atomic E-state index is -4.25. The quantitative estimate of drug-likeness (QED) is 0.913. The summed E-state index contributed by atoms with van der Waals surface area (Å²) in [5.41, 5.74) is 0.352. The molecule has 1 aliphatic rings. The van der Waals surface area contributed by atoms with Crippen LogP contribution in [0.25, 0.3) is 0 Å². The van der Waals surface area contributed by atoms with Crippen LogP contribution in [0.15, 0.2) is 24.3 Å². The second-order valence-electron chi connectivity index (χ2n) is 5.90. The van der Waals surface area contributed by atoms with E-state index in [1.165, 1.54) is 25.0 Å². The molecule has 0 bridgehead atoms. The number of nitrogens with one attached hydrogen (secondary N) is 1. The molecule has 21 heavy (non-hydrogen) atoms.